The van der Waals surface area contributed by atoms with Gasteiger partial charge in [0.15, 0.2) is 14.6 Å². The monoisotopic (exact) mass is 400 g/mol. The highest BCUT2D eigenvalue weighted by Crippen LogP contribution is 2.30. The molecule has 1 saturated heterocycles. The van der Waals surface area contributed by atoms with Crippen molar-refractivity contribution in [2.24, 2.45) is 0 Å². The SMILES string of the molecule is C/C=C(\F)c1ccc(N2C[C@H](C[C@](C)(C(=O)NO)S(C)(=O)=O)OC2=O)cc1. The summed E-state index contributed by atoms with van der Waals surface area (Å²) in [6.45, 7) is 2.72. The number of amides is 2. The molecule has 2 amide bonds. The average molecular weight is 400 g/mol. The van der Waals surface area contributed by atoms with E-state index in [1.807, 2.05) is 0 Å². The van der Waals surface area contributed by atoms with Gasteiger partial charge in [-0.3, -0.25) is 14.9 Å². The van der Waals surface area contributed by atoms with Crippen LogP contribution in [0.3, 0.4) is 0 Å². The number of anilines is 1. The molecule has 1 fully saturated rings. The van der Waals surface area contributed by atoms with Crippen LogP contribution in [0.2, 0.25) is 0 Å². The Hall–Kier alpha value is -2.46. The van der Waals surface area contributed by atoms with E-state index in [1.165, 1.54) is 40.7 Å². The maximum atomic E-state index is 13.6. The van der Waals surface area contributed by atoms with E-state index in [1.54, 1.807) is 6.92 Å². The van der Waals surface area contributed by atoms with Gasteiger partial charge in [-0.05, 0) is 38.1 Å². The van der Waals surface area contributed by atoms with Crippen LogP contribution < -0.4 is 10.4 Å². The number of allylic oxidation sites excluding steroid dienone is 1. The normalized spacial score (nSPS) is 20.2. The molecule has 2 N–H and O–H groups in total. The third-order valence-corrected chi connectivity index (χ3v) is 6.59. The van der Waals surface area contributed by atoms with Crippen LogP contribution in [0, 0.1) is 0 Å². The molecule has 0 aromatic heterocycles. The lowest BCUT2D eigenvalue weighted by Gasteiger charge is -2.26. The zero-order chi connectivity index (χ0) is 20.4. The highest BCUT2D eigenvalue weighted by Gasteiger charge is 2.48. The second-order valence-corrected chi connectivity index (χ2v) is 8.89. The number of hydroxylamine groups is 1. The second-order valence-electron chi connectivity index (χ2n) is 6.45. The van der Waals surface area contributed by atoms with E-state index in [-0.39, 0.29) is 13.0 Å². The molecule has 2 atom stereocenters. The molecule has 1 aromatic carbocycles. The van der Waals surface area contributed by atoms with Gasteiger partial charge in [0, 0.05) is 23.9 Å². The van der Waals surface area contributed by atoms with Crippen LogP contribution in [0.5, 0.6) is 0 Å². The van der Waals surface area contributed by atoms with Crippen molar-refractivity contribution in [1.29, 1.82) is 0 Å². The quantitative estimate of drug-likeness (QED) is 0.558. The summed E-state index contributed by atoms with van der Waals surface area (Å²) in [6.07, 6.45) is 0.255. The van der Waals surface area contributed by atoms with Crippen molar-refractivity contribution in [2.75, 3.05) is 17.7 Å². The number of hydrogen-bond acceptors (Lipinski definition) is 6. The second kappa shape index (κ2) is 7.65. The van der Waals surface area contributed by atoms with E-state index < -0.39 is 38.5 Å². The van der Waals surface area contributed by atoms with Crippen LogP contribution in [-0.4, -0.2) is 49.3 Å². The maximum Gasteiger partial charge on any atom is 0.414 e. The van der Waals surface area contributed by atoms with Gasteiger partial charge < -0.3 is 4.74 Å². The number of nitrogens with zero attached hydrogens (tertiary/aromatic N) is 1. The standard InChI is InChI=1S/C17H21FN2O6S/c1-4-14(18)11-5-7-12(8-6-11)20-10-13(26-16(20)22)9-17(2,15(21)19-23)27(3,24)25/h4-8,13,23H,9-10H2,1-3H3,(H,19,21)/b14-4-/t13-,17+/m0/s1. The molecule has 0 aliphatic carbocycles. The average Bonchev–Trinajstić information content (AvgIpc) is 2.99. The van der Waals surface area contributed by atoms with Crippen molar-refractivity contribution in [3.05, 3.63) is 35.9 Å². The molecule has 148 valence electrons. The molecule has 27 heavy (non-hydrogen) atoms. The van der Waals surface area contributed by atoms with Crippen LogP contribution in [0.25, 0.3) is 5.83 Å². The number of carbonyl (C=O) groups is 2. The number of carbonyl (C=O) groups excluding carboxylic acids is 2. The third-order valence-electron chi connectivity index (χ3n) is 4.60. The largest absolute Gasteiger partial charge is 0.444 e. The minimum Gasteiger partial charge on any atom is -0.444 e. The number of nitrogens with one attached hydrogen (secondary N) is 1. The number of cyclic esters (lactones) is 1. The molecule has 10 heteroatoms. The first-order valence-electron chi connectivity index (χ1n) is 8.08. The molecule has 1 aliphatic heterocycles. The molecule has 8 nitrogen and oxygen atoms in total. The number of hydrogen-bond donors (Lipinski definition) is 2. The Kier molecular flexibility index (Phi) is 5.91. The molecule has 2 rings (SSSR count). The Morgan fingerprint density at radius 3 is 2.52 bits per heavy atom. The Morgan fingerprint density at radius 1 is 1.44 bits per heavy atom. The van der Waals surface area contributed by atoms with Crippen LogP contribution >= 0.6 is 0 Å². The van der Waals surface area contributed by atoms with Crippen molar-refractivity contribution in [1.82, 2.24) is 5.48 Å². The van der Waals surface area contributed by atoms with Gasteiger partial charge in [0.05, 0.1) is 6.54 Å². The van der Waals surface area contributed by atoms with E-state index >= 15 is 0 Å². The fourth-order valence-corrected chi connectivity index (χ4v) is 3.64. The first-order chi connectivity index (χ1) is 12.5. The number of benzene rings is 1. The van der Waals surface area contributed by atoms with E-state index in [4.69, 9.17) is 9.94 Å². The molecular weight excluding hydrogens is 379 g/mol. The Morgan fingerprint density at radius 2 is 2.04 bits per heavy atom. The molecule has 1 aromatic rings. The fraction of sp³-hybridized carbons (Fsp3) is 0.412. The summed E-state index contributed by atoms with van der Waals surface area (Å²) < 4.78 is 40.9. The zero-order valence-electron chi connectivity index (χ0n) is 15.1. The van der Waals surface area contributed by atoms with Gasteiger partial charge in [0.25, 0.3) is 5.91 Å². The molecule has 0 unspecified atom stereocenters. The van der Waals surface area contributed by atoms with Gasteiger partial charge in [-0.25, -0.2) is 23.1 Å². The molecule has 0 bridgehead atoms. The van der Waals surface area contributed by atoms with Gasteiger partial charge in [-0.2, -0.15) is 0 Å². The van der Waals surface area contributed by atoms with E-state index in [0.717, 1.165) is 13.2 Å². The fourth-order valence-electron chi connectivity index (χ4n) is 2.77. The number of halogens is 1. The van der Waals surface area contributed by atoms with Crippen molar-refractivity contribution in [3.8, 4) is 0 Å². The summed E-state index contributed by atoms with van der Waals surface area (Å²) in [5.74, 6) is -1.51. The Bertz CT molecular complexity index is 868. The Balaban J connectivity index is 2.21. The molecule has 0 spiro atoms. The van der Waals surface area contributed by atoms with Crippen LogP contribution in [0.15, 0.2) is 30.3 Å². The molecule has 1 aliphatic rings. The highest BCUT2D eigenvalue weighted by molar-refractivity contribution is 7.92. The van der Waals surface area contributed by atoms with E-state index in [2.05, 4.69) is 0 Å². The topological polar surface area (TPSA) is 113 Å². The molecule has 0 radical (unpaired) electrons. The summed E-state index contributed by atoms with van der Waals surface area (Å²) in [5, 5.41) is 8.86. The van der Waals surface area contributed by atoms with Crippen molar-refractivity contribution in [2.45, 2.75) is 31.1 Å². The predicted molar refractivity (Wildman–Crippen MR) is 96.6 cm³/mol. The van der Waals surface area contributed by atoms with Crippen LogP contribution in [0.4, 0.5) is 14.9 Å². The van der Waals surface area contributed by atoms with Gasteiger partial charge >= 0.3 is 6.09 Å². The smallest absolute Gasteiger partial charge is 0.414 e. The third kappa shape index (κ3) is 4.11. The summed E-state index contributed by atoms with van der Waals surface area (Å²) in [5.41, 5.74) is 2.15. The number of sulfone groups is 1. The minimum absolute atomic E-state index is 0.00803. The van der Waals surface area contributed by atoms with E-state index in [9.17, 15) is 22.4 Å². The number of ether oxygens (including phenoxy) is 1. The van der Waals surface area contributed by atoms with Gasteiger partial charge in [-0.1, -0.05) is 6.08 Å². The zero-order valence-corrected chi connectivity index (χ0v) is 15.9. The lowest BCUT2D eigenvalue weighted by Crippen LogP contribution is -2.51. The maximum absolute atomic E-state index is 13.6. The minimum atomic E-state index is -3.91. The lowest BCUT2D eigenvalue weighted by atomic mass is 10.0. The van der Waals surface area contributed by atoms with Crippen molar-refractivity contribution >= 4 is 33.4 Å². The van der Waals surface area contributed by atoms with Crippen molar-refractivity contribution in [3.63, 3.8) is 0 Å². The van der Waals surface area contributed by atoms with Crippen molar-refractivity contribution < 1.29 is 32.3 Å². The van der Waals surface area contributed by atoms with Gasteiger partial charge in [0.2, 0.25) is 0 Å². The molecule has 1 heterocycles. The first-order valence-corrected chi connectivity index (χ1v) is 9.97. The van der Waals surface area contributed by atoms with Gasteiger partial charge in [0.1, 0.15) is 11.9 Å². The first kappa shape index (κ1) is 20.8. The molecule has 0 saturated carbocycles. The lowest BCUT2D eigenvalue weighted by molar-refractivity contribution is -0.132. The highest BCUT2D eigenvalue weighted by atomic mass is 32.2. The molecular formula is C17H21FN2O6S. The van der Waals surface area contributed by atoms with Gasteiger partial charge in [-0.15, -0.1) is 0 Å². The Labute approximate surface area is 156 Å². The summed E-state index contributed by atoms with van der Waals surface area (Å²) in [7, 11) is -3.91. The van der Waals surface area contributed by atoms with Crippen LogP contribution in [0.1, 0.15) is 25.8 Å². The predicted octanol–water partition coefficient (Wildman–Crippen LogP) is 2.04. The summed E-state index contributed by atoms with van der Waals surface area (Å²) >= 11 is 0. The van der Waals surface area contributed by atoms with Crippen LogP contribution in [-0.2, 0) is 19.4 Å². The summed E-state index contributed by atoms with van der Waals surface area (Å²) in [4.78, 5) is 25.3. The number of rotatable bonds is 6. The summed E-state index contributed by atoms with van der Waals surface area (Å²) in [6, 6.07) is 6.09. The van der Waals surface area contributed by atoms with E-state index in [0.29, 0.717) is 11.3 Å².